The number of ether oxygens (including phenoxy) is 4. The van der Waals surface area contributed by atoms with E-state index in [9.17, 15) is 30.3 Å². The molecule has 0 bridgehead atoms. The van der Waals surface area contributed by atoms with Crippen LogP contribution in [-0.2, 0) is 15.9 Å². The number of methoxy groups -OCH3 is 2. The van der Waals surface area contributed by atoms with Crippen LogP contribution in [0.5, 0.6) is 11.5 Å². The number of aliphatic hydroxyl groups is 5. The molecule has 6 unspecified atom stereocenters. The van der Waals surface area contributed by atoms with Crippen molar-refractivity contribution in [1.82, 2.24) is 0 Å². The highest BCUT2D eigenvalue weighted by atomic mass is 16.7. The molecule has 0 spiro atoms. The van der Waals surface area contributed by atoms with E-state index < -0.39 is 54.6 Å². The number of aliphatic hydroxyl groups excluding tert-OH is 5. The topological polar surface area (TPSA) is 168 Å². The second-order valence-electron chi connectivity index (χ2n) is 8.40. The van der Waals surface area contributed by atoms with Crippen LogP contribution in [-0.4, -0.2) is 88.8 Å². The van der Waals surface area contributed by atoms with E-state index in [0.717, 1.165) is 0 Å². The monoisotopic (exact) mass is 470 g/mol. The standard InChI is InChI=1S/C22H30O11/c1-22(2,33-21-19(28)18(27)17(26)14(9-23)32-21)15(24)7-11-12(29-3)8-13-10(20(11)30-4)5-6-16(25)31-13/h5-6,8,14-15,17-19,21,23-24,26-28H,7,9H2,1-4H3. The number of rotatable bonds is 8. The smallest absolute Gasteiger partial charge is 0.336 e. The average Bonchev–Trinajstić information content (AvgIpc) is 2.78. The van der Waals surface area contributed by atoms with E-state index in [1.807, 2.05) is 0 Å². The van der Waals surface area contributed by atoms with Crippen molar-refractivity contribution in [2.75, 3.05) is 20.8 Å². The number of hydrogen-bond acceptors (Lipinski definition) is 11. The highest BCUT2D eigenvalue weighted by Crippen LogP contribution is 2.39. The first-order chi connectivity index (χ1) is 15.5. The second kappa shape index (κ2) is 9.94. The Bertz CT molecular complexity index is 1020. The van der Waals surface area contributed by atoms with Crippen molar-refractivity contribution in [3.05, 3.63) is 34.2 Å². The Hall–Kier alpha value is -2.25. The van der Waals surface area contributed by atoms with E-state index in [-0.39, 0.29) is 12.0 Å². The lowest BCUT2D eigenvalue weighted by Crippen LogP contribution is -2.61. The summed E-state index contributed by atoms with van der Waals surface area (Å²) in [6.07, 6.45) is -8.52. The molecule has 1 saturated heterocycles. The molecule has 33 heavy (non-hydrogen) atoms. The number of benzene rings is 1. The summed E-state index contributed by atoms with van der Waals surface area (Å²) in [5, 5.41) is 51.1. The third kappa shape index (κ3) is 4.99. The predicted molar refractivity (Wildman–Crippen MR) is 114 cm³/mol. The molecule has 1 fully saturated rings. The van der Waals surface area contributed by atoms with Gasteiger partial charge in [0.25, 0.3) is 0 Å². The molecule has 184 valence electrons. The third-order valence-electron chi connectivity index (χ3n) is 5.83. The van der Waals surface area contributed by atoms with Crippen LogP contribution in [0.1, 0.15) is 19.4 Å². The maximum absolute atomic E-state index is 11.6. The van der Waals surface area contributed by atoms with Crippen molar-refractivity contribution in [2.24, 2.45) is 0 Å². The van der Waals surface area contributed by atoms with Gasteiger partial charge < -0.3 is 48.9 Å². The number of hydrogen-bond donors (Lipinski definition) is 5. The molecule has 0 saturated carbocycles. The molecule has 1 aliphatic rings. The van der Waals surface area contributed by atoms with Crippen LogP contribution >= 0.6 is 0 Å². The van der Waals surface area contributed by atoms with Crippen LogP contribution in [0.4, 0.5) is 0 Å². The van der Waals surface area contributed by atoms with Gasteiger partial charge in [-0.25, -0.2) is 4.79 Å². The summed E-state index contributed by atoms with van der Waals surface area (Å²) in [6.45, 7) is 2.51. The van der Waals surface area contributed by atoms with Crippen molar-refractivity contribution in [3.8, 4) is 11.5 Å². The van der Waals surface area contributed by atoms with E-state index in [4.69, 9.17) is 23.4 Å². The van der Waals surface area contributed by atoms with Gasteiger partial charge in [-0.05, 0) is 19.9 Å². The van der Waals surface area contributed by atoms with Crippen LogP contribution in [0.2, 0.25) is 0 Å². The van der Waals surface area contributed by atoms with Gasteiger partial charge in [0, 0.05) is 24.1 Å². The highest BCUT2D eigenvalue weighted by Gasteiger charge is 2.47. The van der Waals surface area contributed by atoms with Gasteiger partial charge in [-0.2, -0.15) is 0 Å². The number of fused-ring (bicyclic) bond motifs is 1. The molecule has 2 heterocycles. The Morgan fingerprint density at radius 1 is 1.09 bits per heavy atom. The second-order valence-corrected chi connectivity index (χ2v) is 8.40. The van der Waals surface area contributed by atoms with Gasteiger partial charge in [0.15, 0.2) is 6.29 Å². The fourth-order valence-corrected chi connectivity index (χ4v) is 3.80. The van der Waals surface area contributed by atoms with Crippen LogP contribution in [0.25, 0.3) is 11.0 Å². The van der Waals surface area contributed by atoms with Gasteiger partial charge in [0.05, 0.1) is 37.9 Å². The molecule has 2 aromatic rings. The van der Waals surface area contributed by atoms with Gasteiger partial charge in [-0.1, -0.05) is 0 Å². The van der Waals surface area contributed by atoms with Crippen molar-refractivity contribution in [1.29, 1.82) is 0 Å². The summed E-state index contributed by atoms with van der Waals surface area (Å²) in [5.41, 5.74) is -1.12. The average molecular weight is 470 g/mol. The van der Waals surface area contributed by atoms with E-state index in [0.29, 0.717) is 22.4 Å². The lowest BCUT2D eigenvalue weighted by atomic mass is 9.92. The molecule has 0 radical (unpaired) electrons. The molecule has 0 amide bonds. The van der Waals surface area contributed by atoms with Crippen molar-refractivity contribution < 1.29 is 48.9 Å². The highest BCUT2D eigenvalue weighted by molar-refractivity contribution is 5.87. The fraction of sp³-hybridized carbons (Fsp3) is 0.591. The predicted octanol–water partition coefficient (Wildman–Crippen LogP) is -0.691. The largest absolute Gasteiger partial charge is 0.496 e. The molecular formula is C22H30O11. The van der Waals surface area contributed by atoms with E-state index in [1.165, 1.54) is 26.4 Å². The summed E-state index contributed by atoms with van der Waals surface area (Å²) >= 11 is 0. The van der Waals surface area contributed by atoms with Crippen molar-refractivity contribution in [3.63, 3.8) is 0 Å². The lowest BCUT2D eigenvalue weighted by Gasteiger charge is -2.43. The minimum Gasteiger partial charge on any atom is -0.496 e. The van der Waals surface area contributed by atoms with E-state index in [2.05, 4.69) is 0 Å². The Morgan fingerprint density at radius 2 is 1.79 bits per heavy atom. The zero-order chi connectivity index (χ0) is 24.5. The molecule has 3 rings (SSSR count). The molecule has 1 aromatic carbocycles. The zero-order valence-electron chi connectivity index (χ0n) is 18.8. The van der Waals surface area contributed by atoms with Gasteiger partial charge in [-0.15, -0.1) is 0 Å². The first kappa shape index (κ1) is 25.4. The molecule has 0 aliphatic carbocycles. The van der Waals surface area contributed by atoms with Crippen molar-refractivity contribution in [2.45, 2.75) is 62.7 Å². The van der Waals surface area contributed by atoms with Crippen LogP contribution in [0.15, 0.2) is 27.4 Å². The Labute approximate surface area is 189 Å². The third-order valence-corrected chi connectivity index (χ3v) is 5.83. The Morgan fingerprint density at radius 3 is 2.39 bits per heavy atom. The van der Waals surface area contributed by atoms with Gasteiger partial charge in [0.1, 0.15) is 41.5 Å². The maximum atomic E-state index is 11.6. The van der Waals surface area contributed by atoms with Gasteiger partial charge in [-0.3, -0.25) is 0 Å². The SMILES string of the molecule is COc1cc2oc(=O)ccc2c(OC)c1CC(O)C(C)(C)OC1OC(CO)C(O)C(O)C1O. The van der Waals surface area contributed by atoms with E-state index >= 15 is 0 Å². The summed E-state index contributed by atoms with van der Waals surface area (Å²) in [7, 11) is 2.86. The first-order valence-corrected chi connectivity index (χ1v) is 10.4. The maximum Gasteiger partial charge on any atom is 0.336 e. The van der Waals surface area contributed by atoms with Gasteiger partial charge >= 0.3 is 5.63 Å². The van der Waals surface area contributed by atoms with Crippen LogP contribution in [0, 0.1) is 0 Å². The fourth-order valence-electron chi connectivity index (χ4n) is 3.80. The molecule has 5 N–H and O–H groups in total. The van der Waals surface area contributed by atoms with Crippen LogP contribution in [0.3, 0.4) is 0 Å². The summed E-state index contributed by atoms with van der Waals surface area (Å²) < 4.78 is 27.3. The molecule has 6 atom stereocenters. The minimum atomic E-state index is -1.61. The molecule has 11 heteroatoms. The summed E-state index contributed by atoms with van der Waals surface area (Å²) in [6, 6.07) is 4.32. The van der Waals surface area contributed by atoms with Crippen molar-refractivity contribution >= 4 is 11.0 Å². The zero-order valence-corrected chi connectivity index (χ0v) is 18.8. The molecule has 11 nitrogen and oxygen atoms in total. The first-order valence-electron chi connectivity index (χ1n) is 10.4. The normalized spacial score (nSPS) is 26.9. The Kier molecular flexibility index (Phi) is 7.64. The molecular weight excluding hydrogens is 440 g/mol. The minimum absolute atomic E-state index is 0.0220. The Balaban J connectivity index is 1.88. The summed E-state index contributed by atoms with van der Waals surface area (Å²) in [4.78, 5) is 11.6. The van der Waals surface area contributed by atoms with E-state index in [1.54, 1.807) is 19.9 Å². The molecule has 1 aliphatic heterocycles. The molecule has 1 aromatic heterocycles. The lowest BCUT2D eigenvalue weighted by molar-refractivity contribution is -0.331. The quantitative estimate of drug-likeness (QED) is 0.310. The van der Waals surface area contributed by atoms with Crippen LogP contribution < -0.4 is 15.1 Å². The van der Waals surface area contributed by atoms with Gasteiger partial charge in [0.2, 0.25) is 0 Å². The summed E-state index contributed by atoms with van der Waals surface area (Å²) in [5.74, 6) is 0.659.